The number of hydrogen-bond donors (Lipinski definition) is 1. The van der Waals surface area contributed by atoms with Crippen LogP contribution in [0, 0.1) is 11.8 Å². The summed E-state index contributed by atoms with van der Waals surface area (Å²) in [6.45, 7) is 2.58. The smallest absolute Gasteiger partial charge is 0.000907 e. The molecule has 0 spiro atoms. The molecule has 0 saturated carbocycles. The van der Waals surface area contributed by atoms with Gasteiger partial charge in [0.05, 0.1) is 0 Å². The lowest BCUT2D eigenvalue weighted by molar-refractivity contribution is 0.533. The summed E-state index contributed by atoms with van der Waals surface area (Å²) in [4.78, 5) is 0. The molecule has 2 rings (SSSR count). The molecule has 0 aromatic carbocycles. The zero-order valence-corrected chi connectivity index (χ0v) is 6.93. The summed E-state index contributed by atoms with van der Waals surface area (Å²) in [5.41, 5.74) is 0. The van der Waals surface area contributed by atoms with Crippen LogP contribution in [-0.2, 0) is 0 Å². The standard InChI is InChI=1S/C6H11NS.ClH/c1-5-3-8-4-6(5)2-7-1;/h5-7H,1-4H2;1H/t5-,6+;. The van der Waals surface area contributed by atoms with Crippen LogP contribution in [0.3, 0.4) is 0 Å². The van der Waals surface area contributed by atoms with E-state index in [1.54, 1.807) is 0 Å². The van der Waals surface area contributed by atoms with Crippen molar-refractivity contribution in [2.45, 2.75) is 0 Å². The fourth-order valence-corrected chi connectivity index (χ4v) is 3.07. The first-order valence-corrected chi connectivity index (χ1v) is 4.41. The van der Waals surface area contributed by atoms with Gasteiger partial charge in [-0.05, 0) is 36.4 Å². The van der Waals surface area contributed by atoms with Crippen molar-refractivity contribution in [2.24, 2.45) is 11.8 Å². The van der Waals surface area contributed by atoms with Crippen molar-refractivity contribution in [1.29, 1.82) is 0 Å². The van der Waals surface area contributed by atoms with E-state index in [0.717, 1.165) is 11.8 Å². The van der Waals surface area contributed by atoms with E-state index in [0.29, 0.717) is 0 Å². The van der Waals surface area contributed by atoms with Crippen molar-refractivity contribution >= 4 is 24.2 Å². The molecule has 0 aliphatic carbocycles. The molecule has 1 N–H and O–H groups in total. The predicted molar refractivity (Wildman–Crippen MR) is 44.4 cm³/mol. The number of hydrogen-bond acceptors (Lipinski definition) is 2. The van der Waals surface area contributed by atoms with Crippen LogP contribution in [0.15, 0.2) is 0 Å². The van der Waals surface area contributed by atoms with Crippen LogP contribution in [0.5, 0.6) is 0 Å². The van der Waals surface area contributed by atoms with Crippen molar-refractivity contribution in [3.63, 3.8) is 0 Å². The normalized spacial score (nSPS) is 40.0. The molecule has 0 unspecified atom stereocenters. The molecule has 0 aromatic rings. The van der Waals surface area contributed by atoms with Crippen LogP contribution >= 0.6 is 24.2 Å². The van der Waals surface area contributed by atoms with E-state index in [4.69, 9.17) is 0 Å². The van der Waals surface area contributed by atoms with Gasteiger partial charge in [0.1, 0.15) is 0 Å². The van der Waals surface area contributed by atoms with Crippen LogP contribution in [-0.4, -0.2) is 24.6 Å². The van der Waals surface area contributed by atoms with Crippen molar-refractivity contribution in [3.05, 3.63) is 0 Å². The lowest BCUT2D eigenvalue weighted by Gasteiger charge is -2.01. The van der Waals surface area contributed by atoms with Gasteiger partial charge in [-0.25, -0.2) is 0 Å². The maximum Gasteiger partial charge on any atom is -0.000907 e. The molecular formula is C6H12ClNS. The highest BCUT2D eigenvalue weighted by Gasteiger charge is 2.31. The molecule has 9 heavy (non-hydrogen) atoms. The molecule has 0 amide bonds. The molecule has 0 bridgehead atoms. The molecule has 1 nitrogen and oxygen atoms in total. The van der Waals surface area contributed by atoms with E-state index in [1.165, 1.54) is 24.6 Å². The van der Waals surface area contributed by atoms with Crippen LogP contribution < -0.4 is 5.32 Å². The molecule has 2 saturated heterocycles. The van der Waals surface area contributed by atoms with Crippen LogP contribution in [0.2, 0.25) is 0 Å². The lowest BCUT2D eigenvalue weighted by Crippen LogP contribution is -2.09. The monoisotopic (exact) mass is 165 g/mol. The summed E-state index contributed by atoms with van der Waals surface area (Å²) in [6.07, 6.45) is 0. The van der Waals surface area contributed by atoms with Crippen LogP contribution in [0.1, 0.15) is 0 Å². The van der Waals surface area contributed by atoms with Gasteiger partial charge in [0, 0.05) is 0 Å². The minimum absolute atomic E-state index is 0. The van der Waals surface area contributed by atoms with E-state index in [9.17, 15) is 0 Å². The van der Waals surface area contributed by atoms with Crippen molar-refractivity contribution in [2.75, 3.05) is 24.6 Å². The molecule has 2 heterocycles. The van der Waals surface area contributed by atoms with Gasteiger partial charge in [-0.3, -0.25) is 0 Å². The minimum Gasteiger partial charge on any atom is -0.316 e. The summed E-state index contributed by atoms with van der Waals surface area (Å²) in [5, 5.41) is 3.41. The first-order valence-electron chi connectivity index (χ1n) is 3.25. The lowest BCUT2D eigenvalue weighted by atomic mass is 10.0. The Bertz CT molecular complexity index is 79.1. The van der Waals surface area contributed by atoms with E-state index < -0.39 is 0 Å². The average molecular weight is 166 g/mol. The Morgan fingerprint density at radius 1 is 1.11 bits per heavy atom. The largest absolute Gasteiger partial charge is 0.316 e. The molecule has 0 aromatic heterocycles. The first kappa shape index (κ1) is 7.70. The second-order valence-electron chi connectivity index (χ2n) is 2.72. The van der Waals surface area contributed by atoms with Gasteiger partial charge in [0.15, 0.2) is 0 Å². The van der Waals surface area contributed by atoms with E-state index in [2.05, 4.69) is 17.1 Å². The van der Waals surface area contributed by atoms with Crippen molar-refractivity contribution in [3.8, 4) is 0 Å². The summed E-state index contributed by atoms with van der Waals surface area (Å²) in [5.74, 6) is 4.88. The number of rotatable bonds is 0. The fourth-order valence-electron chi connectivity index (χ4n) is 1.55. The zero-order chi connectivity index (χ0) is 5.40. The second-order valence-corrected chi connectivity index (χ2v) is 3.79. The molecule has 2 atom stereocenters. The fraction of sp³-hybridized carbons (Fsp3) is 1.00. The highest BCUT2D eigenvalue weighted by molar-refractivity contribution is 7.99. The third-order valence-corrected chi connectivity index (χ3v) is 3.47. The summed E-state index contributed by atoms with van der Waals surface area (Å²) in [6, 6.07) is 0. The number of halogens is 1. The Kier molecular flexibility index (Phi) is 2.68. The molecule has 2 fully saturated rings. The average Bonchev–Trinajstić information content (AvgIpc) is 2.15. The van der Waals surface area contributed by atoms with Crippen LogP contribution in [0.25, 0.3) is 0 Å². The van der Waals surface area contributed by atoms with Crippen molar-refractivity contribution in [1.82, 2.24) is 5.32 Å². The quantitative estimate of drug-likeness (QED) is 0.575. The van der Waals surface area contributed by atoms with Crippen molar-refractivity contribution < 1.29 is 0 Å². The maximum absolute atomic E-state index is 3.41. The first-order chi connectivity index (χ1) is 3.97. The number of fused-ring (bicyclic) bond motifs is 1. The Morgan fingerprint density at radius 2 is 1.67 bits per heavy atom. The highest BCUT2D eigenvalue weighted by atomic mass is 35.5. The van der Waals surface area contributed by atoms with Crippen LogP contribution in [0.4, 0.5) is 0 Å². The molecular weight excluding hydrogens is 154 g/mol. The predicted octanol–water partition coefficient (Wildman–Crippen LogP) is 0.991. The number of thioether (sulfide) groups is 1. The van der Waals surface area contributed by atoms with Gasteiger partial charge in [0.2, 0.25) is 0 Å². The topological polar surface area (TPSA) is 12.0 Å². The van der Waals surface area contributed by atoms with E-state index >= 15 is 0 Å². The molecule has 54 valence electrons. The molecule has 2 aliphatic rings. The summed E-state index contributed by atoms with van der Waals surface area (Å²) < 4.78 is 0. The zero-order valence-electron chi connectivity index (χ0n) is 5.30. The number of nitrogens with one attached hydrogen (secondary N) is 1. The third kappa shape index (κ3) is 1.36. The van der Waals surface area contributed by atoms with Gasteiger partial charge in [-0.15, -0.1) is 12.4 Å². The molecule has 3 heteroatoms. The van der Waals surface area contributed by atoms with Gasteiger partial charge in [-0.1, -0.05) is 0 Å². The molecule has 0 radical (unpaired) electrons. The Labute approximate surface area is 66.4 Å². The van der Waals surface area contributed by atoms with Gasteiger partial charge >= 0.3 is 0 Å². The van der Waals surface area contributed by atoms with E-state index in [-0.39, 0.29) is 12.4 Å². The van der Waals surface area contributed by atoms with E-state index in [1.807, 2.05) is 0 Å². The summed E-state index contributed by atoms with van der Waals surface area (Å²) >= 11 is 2.13. The maximum atomic E-state index is 3.41. The second kappa shape index (κ2) is 3.13. The minimum atomic E-state index is 0. The highest BCUT2D eigenvalue weighted by Crippen LogP contribution is 2.31. The molecule has 2 aliphatic heterocycles. The Morgan fingerprint density at radius 3 is 2.22 bits per heavy atom. The van der Waals surface area contributed by atoms with Gasteiger partial charge in [-0.2, -0.15) is 11.8 Å². The Balaban J connectivity index is 0.000000405. The summed E-state index contributed by atoms with van der Waals surface area (Å²) in [7, 11) is 0. The van der Waals surface area contributed by atoms with Gasteiger partial charge < -0.3 is 5.32 Å². The third-order valence-electron chi connectivity index (χ3n) is 2.14. The Hall–Kier alpha value is 0.600. The SMILES string of the molecule is C1NC[C@H]2CSC[C@@H]12.Cl. The van der Waals surface area contributed by atoms with Gasteiger partial charge in [0.25, 0.3) is 0 Å².